The highest BCUT2D eigenvalue weighted by Gasteiger charge is 2.13. The molecule has 3 N–H and O–H groups in total. The summed E-state index contributed by atoms with van der Waals surface area (Å²) < 4.78 is 0. The fraction of sp³-hybridized carbons (Fsp3) is 0.267. The molecule has 0 aliphatic heterocycles. The number of anilines is 1. The first-order chi connectivity index (χ1) is 9.11. The Morgan fingerprint density at radius 1 is 1.32 bits per heavy atom. The van der Waals surface area contributed by atoms with Crippen molar-refractivity contribution in [3.63, 3.8) is 0 Å². The maximum atomic E-state index is 12.2. The van der Waals surface area contributed by atoms with Crippen LogP contribution in [0, 0.1) is 0 Å². The van der Waals surface area contributed by atoms with Crippen LogP contribution < -0.4 is 11.1 Å². The third-order valence-corrected chi connectivity index (χ3v) is 3.79. The van der Waals surface area contributed by atoms with Crippen molar-refractivity contribution in [2.24, 2.45) is 0 Å². The van der Waals surface area contributed by atoms with Gasteiger partial charge >= 0.3 is 0 Å². The lowest BCUT2D eigenvalue weighted by atomic mass is 10.0. The van der Waals surface area contributed by atoms with E-state index in [1.165, 1.54) is 0 Å². The van der Waals surface area contributed by atoms with E-state index in [0.29, 0.717) is 11.3 Å². The number of amides is 1. The molecule has 0 saturated heterocycles. The van der Waals surface area contributed by atoms with Crippen molar-refractivity contribution in [3.8, 4) is 0 Å². The summed E-state index contributed by atoms with van der Waals surface area (Å²) in [6.45, 7) is 1.99. The second-order valence-electron chi connectivity index (χ2n) is 4.62. The van der Waals surface area contributed by atoms with Gasteiger partial charge in [0.25, 0.3) is 5.91 Å². The Labute approximate surface area is 117 Å². The highest BCUT2D eigenvalue weighted by Crippen LogP contribution is 2.21. The van der Waals surface area contributed by atoms with Crippen molar-refractivity contribution in [2.75, 3.05) is 17.7 Å². The standard InChI is InChI=1S/C15H18N2OS/c1-10(9-19-2)17-15(18)13-7-11-5-3-4-6-12(11)8-14(13)16/h3-8,10H,9,16H2,1-2H3,(H,17,18). The minimum absolute atomic E-state index is 0.107. The van der Waals surface area contributed by atoms with Crippen molar-refractivity contribution < 1.29 is 4.79 Å². The van der Waals surface area contributed by atoms with Gasteiger partial charge in [-0.05, 0) is 36.1 Å². The van der Waals surface area contributed by atoms with Crippen LogP contribution in [0.2, 0.25) is 0 Å². The van der Waals surface area contributed by atoms with Gasteiger partial charge in [0.1, 0.15) is 0 Å². The summed E-state index contributed by atoms with van der Waals surface area (Å²) in [5, 5.41) is 5.04. The number of carbonyl (C=O) groups is 1. The molecule has 4 heteroatoms. The fourth-order valence-electron chi connectivity index (χ4n) is 2.05. The van der Waals surface area contributed by atoms with Gasteiger partial charge in [0.05, 0.1) is 5.56 Å². The van der Waals surface area contributed by atoms with Crippen LogP contribution >= 0.6 is 11.8 Å². The van der Waals surface area contributed by atoms with E-state index in [0.717, 1.165) is 16.5 Å². The number of nitrogens with two attached hydrogens (primary N) is 1. The summed E-state index contributed by atoms with van der Waals surface area (Å²) in [6, 6.07) is 11.7. The van der Waals surface area contributed by atoms with Gasteiger partial charge in [-0.2, -0.15) is 11.8 Å². The zero-order valence-electron chi connectivity index (χ0n) is 11.1. The molecule has 0 saturated carbocycles. The normalized spacial score (nSPS) is 12.3. The average Bonchev–Trinajstić information content (AvgIpc) is 2.38. The number of nitrogen functional groups attached to an aromatic ring is 1. The molecule has 1 unspecified atom stereocenters. The van der Waals surface area contributed by atoms with Gasteiger partial charge < -0.3 is 11.1 Å². The Hall–Kier alpha value is -1.68. The lowest BCUT2D eigenvalue weighted by Gasteiger charge is -2.14. The summed E-state index contributed by atoms with van der Waals surface area (Å²) >= 11 is 1.71. The monoisotopic (exact) mass is 274 g/mol. The molecule has 0 radical (unpaired) electrons. The largest absolute Gasteiger partial charge is 0.398 e. The Balaban J connectivity index is 2.29. The Morgan fingerprint density at radius 3 is 2.58 bits per heavy atom. The van der Waals surface area contributed by atoms with Gasteiger partial charge in [-0.15, -0.1) is 0 Å². The predicted octanol–water partition coefficient (Wildman–Crippen LogP) is 2.90. The van der Waals surface area contributed by atoms with Crippen molar-refractivity contribution in [1.29, 1.82) is 0 Å². The lowest BCUT2D eigenvalue weighted by Crippen LogP contribution is -2.34. The zero-order chi connectivity index (χ0) is 13.8. The fourth-order valence-corrected chi connectivity index (χ4v) is 2.63. The number of nitrogens with one attached hydrogen (secondary N) is 1. The Morgan fingerprint density at radius 2 is 1.95 bits per heavy atom. The molecule has 0 spiro atoms. The summed E-state index contributed by atoms with van der Waals surface area (Å²) in [7, 11) is 0. The topological polar surface area (TPSA) is 55.1 Å². The van der Waals surface area contributed by atoms with E-state index in [4.69, 9.17) is 5.73 Å². The van der Waals surface area contributed by atoms with Gasteiger partial charge in [0.15, 0.2) is 0 Å². The molecular formula is C15H18N2OS. The number of carbonyl (C=O) groups excluding carboxylic acids is 1. The van der Waals surface area contributed by atoms with E-state index in [1.54, 1.807) is 11.8 Å². The van der Waals surface area contributed by atoms with Crippen LogP contribution in [-0.2, 0) is 0 Å². The number of hydrogen-bond acceptors (Lipinski definition) is 3. The molecular weight excluding hydrogens is 256 g/mol. The van der Waals surface area contributed by atoms with Crippen LogP contribution in [0.15, 0.2) is 36.4 Å². The molecule has 0 aliphatic rings. The smallest absolute Gasteiger partial charge is 0.253 e. The van der Waals surface area contributed by atoms with Gasteiger partial charge in [-0.25, -0.2) is 0 Å². The molecule has 2 rings (SSSR count). The molecule has 19 heavy (non-hydrogen) atoms. The average molecular weight is 274 g/mol. The molecule has 2 aromatic carbocycles. The van der Waals surface area contributed by atoms with Gasteiger partial charge in [0, 0.05) is 17.5 Å². The zero-order valence-corrected chi connectivity index (χ0v) is 12.0. The molecule has 2 aromatic rings. The van der Waals surface area contributed by atoms with Crippen molar-refractivity contribution in [2.45, 2.75) is 13.0 Å². The van der Waals surface area contributed by atoms with Crippen LogP contribution in [0.4, 0.5) is 5.69 Å². The van der Waals surface area contributed by atoms with E-state index in [2.05, 4.69) is 5.32 Å². The second kappa shape index (κ2) is 5.97. The van der Waals surface area contributed by atoms with E-state index in [9.17, 15) is 4.79 Å². The first-order valence-electron chi connectivity index (χ1n) is 6.20. The van der Waals surface area contributed by atoms with Crippen LogP contribution in [-0.4, -0.2) is 24.0 Å². The number of thioether (sulfide) groups is 1. The second-order valence-corrected chi connectivity index (χ2v) is 5.53. The highest BCUT2D eigenvalue weighted by atomic mass is 32.2. The summed E-state index contributed by atoms with van der Waals surface area (Å²) in [5.41, 5.74) is 7.04. The SMILES string of the molecule is CSCC(C)NC(=O)c1cc2ccccc2cc1N. The van der Waals surface area contributed by atoms with Crippen molar-refractivity contribution >= 4 is 34.1 Å². The van der Waals surface area contributed by atoms with Crippen molar-refractivity contribution in [3.05, 3.63) is 42.0 Å². The summed E-state index contributed by atoms with van der Waals surface area (Å²) in [6.07, 6.45) is 2.02. The summed E-state index contributed by atoms with van der Waals surface area (Å²) in [4.78, 5) is 12.2. The Kier molecular flexibility index (Phi) is 4.32. The minimum atomic E-state index is -0.107. The predicted molar refractivity (Wildman–Crippen MR) is 83.7 cm³/mol. The van der Waals surface area contributed by atoms with Gasteiger partial charge in [-0.3, -0.25) is 4.79 Å². The molecule has 1 amide bonds. The molecule has 3 nitrogen and oxygen atoms in total. The van der Waals surface area contributed by atoms with Crippen molar-refractivity contribution in [1.82, 2.24) is 5.32 Å². The van der Waals surface area contributed by atoms with Crippen LogP contribution in [0.25, 0.3) is 10.8 Å². The van der Waals surface area contributed by atoms with Crippen LogP contribution in [0.5, 0.6) is 0 Å². The Bertz CT molecular complexity index is 598. The number of fused-ring (bicyclic) bond motifs is 1. The number of rotatable bonds is 4. The first kappa shape index (κ1) is 13.7. The third-order valence-electron chi connectivity index (χ3n) is 2.96. The number of hydrogen-bond donors (Lipinski definition) is 2. The van der Waals surface area contributed by atoms with Gasteiger partial charge in [0.2, 0.25) is 0 Å². The van der Waals surface area contributed by atoms with Crippen LogP contribution in [0.3, 0.4) is 0 Å². The molecule has 0 fully saturated rings. The maximum absolute atomic E-state index is 12.2. The molecule has 1 atom stereocenters. The van der Waals surface area contributed by atoms with E-state index < -0.39 is 0 Å². The highest BCUT2D eigenvalue weighted by molar-refractivity contribution is 7.98. The van der Waals surface area contributed by atoms with Crippen LogP contribution in [0.1, 0.15) is 17.3 Å². The molecule has 0 heterocycles. The molecule has 100 valence electrons. The number of benzene rings is 2. The van der Waals surface area contributed by atoms with E-state index in [1.807, 2.05) is 49.6 Å². The molecule has 0 bridgehead atoms. The van der Waals surface area contributed by atoms with E-state index >= 15 is 0 Å². The van der Waals surface area contributed by atoms with Gasteiger partial charge in [-0.1, -0.05) is 24.3 Å². The third kappa shape index (κ3) is 3.20. The maximum Gasteiger partial charge on any atom is 0.253 e. The molecule has 0 aromatic heterocycles. The minimum Gasteiger partial charge on any atom is -0.398 e. The lowest BCUT2D eigenvalue weighted by molar-refractivity contribution is 0.0945. The van der Waals surface area contributed by atoms with E-state index in [-0.39, 0.29) is 11.9 Å². The quantitative estimate of drug-likeness (QED) is 0.843. The first-order valence-corrected chi connectivity index (χ1v) is 7.59. The summed E-state index contributed by atoms with van der Waals surface area (Å²) in [5.74, 6) is 0.781. The molecule has 0 aliphatic carbocycles.